The molecule has 0 spiro atoms. The van der Waals surface area contributed by atoms with Gasteiger partial charge in [0.25, 0.3) is 0 Å². The van der Waals surface area contributed by atoms with Gasteiger partial charge in [-0.1, -0.05) is 0 Å². The number of hydrogen-bond acceptors (Lipinski definition) is 3. The molecule has 0 fully saturated rings. The fraction of sp³-hybridized carbons (Fsp3) is 0.364. The average Bonchev–Trinajstić information content (AvgIpc) is 2.16. The second-order valence-electron chi connectivity index (χ2n) is 3.43. The van der Waals surface area contributed by atoms with E-state index in [-0.39, 0.29) is 11.9 Å². The van der Waals surface area contributed by atoms with Gasteiger partial charge in [0.2, 0.25) is 0 Å². The number of benzene rings is 1. The molecule has 16 heavy (non-hydrogen) atoms. The third-order valence-electron chi connectivity index (χ3n) is 1.74. The minimum Gasteiger partial charge on any atom is -0.494 e. The highest BCUT2D eigenvalue weighted by Crippen LogP contribution is 2.20. The number of nitrogens with one attached hydrogen (secondary N) is 1. The molecule has 5 heteroatoms. The van der Waals surface area contributed by atoms with E-state index in [1.165, 1.54) is 25.3 Å². The number of carbonyl (C=O) groups excluding carboxylic acids is 1. The lowest BCUT2D eigenvalue weighted by Gasteiger charge is -2.10. The van der Waals surface area contributed by atoms with Crippen LogP contribution in [0.1, 0.15) is 13.8 Å². The van der Waals surface area contributed by atoms with Crippen molar-refractivity contribution in [1.82, 2.24) is 0 Å². The summed E-state index contributed by atoms with van der Waals surface area (Å²) in [6.07, 6.45) is -0.831. The quantitative estimate of drug-likeness (QED) is 0.863. The van der Waals surface area contributed by atoms with Crippen molar-refractivity contribution < 1.29 is 18.7 Å². The van der Waals surface area contributed by atoms with Crippen molar-refractivity contribution in [2.75, 3.05) is 12.4 Å². The van der Waals surface area contributed by atoms with Crippen LogP contribution in [-0.4, -0.2) is 19.3 Å². The molecule has 0 aliphatic heterocycles. The average molecular weight is 227 g/mol. The zero-order valence-corrected chi connectivity index (χ0v) is 9.41. The van der Waals surface area contributed by atoms with E-state index in [0.717, 1.165) is 0 Å². The molecule has 1 aromatic rings. The maximum absolute atomic E-state index is 13.2. The van der Waals surface area contributed by atoms with Gasteiger partial charge in [-0.15, -0.1) is 0 Å². The highest BCUT2D eigenvalue weighted by Gasteiger charge is 2.08. The van der Waals surface area contributed by atoms with E-state index in [0.29, 0.717) is 5.69 Å². The highest BCUT2D eigenvalue weighted by molar-refractivity contribution is 5.84. The van der Waals surface area contributed by atoms with Crippen molar-refractivity contribution >= 4 is 11.8 Å². The van der Waals surface area contributed by atoms with Crippen LogP contribution in [0.3, 0.4) is 0 Å². The molecule has 0 saturated carbocycles. The zero-order chi connectivity index (χ0) is 12.1. The maximum atomic E-state index is 13.2. The Bertz CT molecular complexity index is 379. The summed E-state index contributed by atoms with van der Waals surface area (Å²) in [7, 11) is 1.37. The van der Waals surface area contributed by atoms with Crippen LogP contribution in [0.2, 0.25) is 0 Å². The summed E-state index contributed by atoms with van der Waals surface area (Å²) in [5.74, 6) is -0.410. The second-order valence-corrected chi connectivity index (χ2v) is 3.43. The lowest BCUT2D eigenvalue weighted by atomic mass is 10.3. The van der Waals surface area contributed by atoms with Crippen LogP contribution in [-0.2, 0) is 4.74 Å². The predicted octanol–water partition coefficient (Wildman–Crippen LogP) is 2.79. The minimum absolute atomic E-state index is 0.128. The molecule has 0 radical (unpaired) electrons. The Hall–Kier alpha value is -1.78. The first kappa shape index (κ1) is 12.3. The molecule has 0 bridgehead atoms. The van der Waals surface area contributed by atoms with E-state index in [1.54, 1.807) is 13.8 Å². The fourth-order valence-electron chi connectivity index (χ4n) is 1.11. The van der Waals surface area contributed by atoms with E-state index in [1.807, 2.05) is 0 Å². The Morgan fingerprint density at radius 3 is 2.62 bits per heavy atom. The first-order chi connectivity index (χ1) is 7.52. The minimum atomic E-state index is -0.612. The predicted molar refractivity (Wildman–Crippen MR) is 58.2 cm³/mol. The summed E-state index contributed by atoms with van der Waals surface area (Å²) >= 11 is 0. The van der Waals surface area contributed by atoms with Gasteiger partial charge in [0.1, 0.15) is 0 Å². The molecule has 0 aliphatic carbocycles. The molecule has 1 amide bonds. The van der Waals surface area contributed by atoms with Crippen molar-refractivity contribution in [2.24, 2.45) is 0 Å². The molecule has 0 unspecified atom stereocenters. The molecule has 0 saturated heterocycles. The van der Waals surface area contributed by atoms with Crippen molar-refractivity contribution in [3.8, 4) is 5.75 Å². The molecule has 1 N–H and O–H groups in total. The topological polar surface area (TPSA) is 47.6 Å². The van der Waals surface area contributed by atoms with Gasteiger partial charge in [-0.05, 0) is 26.0 Å². The van der Waals surface area contributed by atoms with Crippen LogP contribution >= 0.6 is 0 Å². The van der Waals surface area contributed by atoms with Gasteiger partial charge in [-0.3, -0.25) is 5.32 Å². The number of hydrogen-bond donors (Lipinski definition) is 1. The number of carbonyl (C=O) groups is 1. The van der Waals surface area contributed by atoms with Crippen LogP contribution in [0.4, 0.5) is 14.9 Å². The Kier molecular flexibility index (Phi) is 4.10. The summed E-state index contributed by atoms with van der Waals surface area (Å²) in [5, 5.41) is 2.41. The van der Waals surface area contributed by atoms with E-state index in [2.05, 4.69) is 5.32 Å². The Labute approximate surface area is 93.4 Å². The number of ether oxygens (including phenoxy) is 2. The third-order valence-corrected chi connectivity index (χ3v) is 1.74. The van der Waals surface area contributed by atoms with E-state index in [9.17, 15) is 9.18 Å². The molecular weight excluding hydrogens is 213 g/mol. The summed E-state index contributed by atoms with van der Waals surface area (Å²) < 4.78 is 22.8. The number of anilines is 1. The normalized spacial score (nSPS) is 10.1. The summed E-state index contributed by atoms with van der Waals surface area (Å²) in [6, 6.07) is 4.13. The first-order valence-electron chi connectivity index (χ1n) is 4.84. The maximum Gasteiger partial charge on any atom is 0.411 e. The Morgan fingerprint density at radius 1 is 1.44 bits per heavy atom. The van der Waals surface area contributed by atoms with Crippen LogP contribution < -0.4 is 10.1 Å². The number of rotatable bonds is 3. The third kappa shape index (κ3) is 3.42. The summed E-state index contributed by atoms with van der Waals surface area (Å²) in [4.78, 5) is 11.2. The van der Waals surface area contributed by atoms with Gasteiger partial charge in [0.15, 0.2) is 11.6 Å². The smallest absolute Gasteiger partial charge is 0.411 e. The number of amides is 1. The standard InChI is InChI=1S/C11H14FNO3/c1-7(2)16-11(14)13-8-4-5-10(15-3)9(12)6-8/h4-7H,1-3H3,(H,13,14). The highest BCUT2D eigenvalue weighted by atomic mass is 19.1. The lowest BCUT2D eigenvalue weighted by molar-refractivity contribution is 0.130. The molecule has 88 valence electrons. The monoisotopic (exact) mass is 227 g/mol. The summed E-state index contributed by atoms with van der Waals surface area (Å²) in [5.41, 5.74) is 0.323. The Morgan fingerprint density at radius 2 is 2.12 bits per heavy atom. The van der Waals surface area contributed by atoms with Crippen LogP contribution in [0, 0.1) is 5.82 Å². The van der Waals surface area contributed by atoms with Crippen LogP contribution in [0.25, 0.3) is 0 Å². The molecule has 0 heterocycles. The molecule has 0 atom stereocenters. The van der Waals surface area contributed by atoms with Gasteiger partial charge >= 0.3 is 6.09 Å². The van der Waals surface area contributed by atoms with Crippen molar-refractivity contribution in [3.63, 3.8) is 0 Å². The van der Waals surface area contributed by atoms with Gasteiger partial charge in [0, 0.05) is 11.8 Å². The van der Waals surface area contributed by atoms with E-state index in [4.69, 9.17) is 9.47 Å². The SMILES string of the molecule is COc1ccc(NC(=O)OC(C)C)cc1F. The van der Waals surface area contributed by atoms with E-state index >= 15 is 0 Å². The Balaban J connectivity index is 2.68. The van der Waals surface area contributed by atoms with Gasteiger partial charge < -0.3 is 9.47 Å². The fourth-order valence-corrected chi connectivity index (χ4v) is 1.11. The van der Waals surface area contributed by atoms with Gasteiger partial charge in [-0.25, -0.2) is 9.18 Å². The molecule has 1 rings (SSSR count). The second kappa shape index (κ2) is 5.34. The van der Waals surface area contributed by atoms with Gasteiger partial charge in [-0.2, -0.15) is 0 Å². The van der Waals surface area contributed by atoms with Crippen LogP contribution in [0.15, 0.2) is 18.2 Å². The lowest BCUT2D eigenvalue weighted by Crippen LogP contribution is -2.18. The molecule has 0 aromatic heterocycles. The first-order valence-corrected chi connectivity index (χ1v) is 4.84. The van der Waals surface area contributed by atoms with Gasteiger partial charge in [0.05, 0.1) is 13.2 Å². The van der Waals surface area contributed by atoms with Crippen molar-refractivity contribution in [2.45, 2.75) is 20.0 Å². The van der Waals surface area contributed by atoms with Crippen molar-refractivity contribution in [1.29, 1.82) is 0 Å². The van der Waals surface area contributed by atoms with Crippen molar-refractivity contribution in [3.05, 3.63) is 24.0 Å². The zero-order valence-electron chi connectivity index (χ0n) is 9.41. The number of halogens is 1. The number of methoxy groups -OCH3 is 1. The van der Waals surface area contributed by atoms with Crippen LogP contribution in [0.5, 0.6) is 5.75 Å². The molecule has 0 aliphatic rings. The molecule has 4 nitrogen and oxygen atoms in total. The molecule has 1 aromatic carbocycles. The molecular formula is C11H14FNO3. The van der Waals surface area contributed by atoms with E-state index < -0.39 is 11.9 Å². The largest absolute Gasteiger partial charge is 0.494 e. The summed E-state index contributed by atoms with van der Waals surface area (Å²) in [6.45, 7) is 3.46.